The maximum Gasteiger partial charge on any atom is 0.250 e. The highest BCUT2D eigenvalue weighted by molar-refractivity contribution is 7.89. The molecular weight excluding hydrogens is 354 g/mol. The van der Waals surface area contributed by atoms with Crippen LogP contribution in [-0.4, -0.2) is 36.0 Å². The van der Waals surface area contributed by atoms with E-state index in [0.717, 1.165) is 11.1 Å². The summed E-state index contributed by atoms with van der Waals surface area (Å²) in [4.78, 5) is 0.335. The molecule has 7 nitrogen and oxygen atoms in total. The third kappa shape index (κ3) is 3.17. The highest BCUT2D eigenvalue weighted by Gasteiger charge is 2.32. The molecule has 0 N–H and O–H groups in total. The van der Waals surface area contributed by atoms with E-state index in [2.05, 4.69) is 10.2 Å². The van der Waals surface area contributed by atoms with Crippen LogP contribution in [-0.2, 0) is 10.0 Å². The van der Waals surface area contributed by atoms with E-state index >= 15 is 0 Å². The molecule has 0 spiro atoms. The smallest absolute Gasteiger partial charge is 0.250 e. The largest absolute Gasteiger partial charge is 0.472 e. The molecule has 3 heterocycles. The minimum Gasteiger partial charge on any atom is -0.472 e. The van der Waals surface area contributed by atoms with Gasteiger partial charge < -0.3 is 8.83 Å². The Balaban J connectivity index is 1.45. The first-order chi connectivity index (χ1) is 12.5. The van der Waals surface area contributed by atoms with Gasteiger partial charge in [0, 0.05) is 19.0 Å². The summed E-state index contributed by atoms with van der Waals surface area (Å²) in [6.45, 7) is 2.80. The minimum absolute atomic E-state index is 0.0626. The van der Waals surface area contributed by atoms with Crippen LogP contribution in [0, 0.1) is 6.92 Å². The zero-order chi connectivity index (χ0) is 18.1. The fourth-order valence-electron chi connectivity index (χ4n) is 3.10. The SMILES string of the molecule is Cc1ccc(S(=O)(=O)N2CCC(c3nnc(-c4ccoc4)o3)CC2)cc1. The molecule has 0 amide bonds. The Bertz CT molecular complexity index is 970. The first kappa shape index (κ1) is 17.0. The van der Waals surface area contributed by atoms with Gasteiger partial charge in [-0.25, -0.2) is 8.42 Å². The van der Waals surface area contributed by atoms with Crippen LogP contribution in [0.5, 0.6) is 0 Å². The van der Waals surface area contributed by atoms with Gasteiger partial charge in [-0.15, -0.1) is 10.2 Å². The molecule has 1 fully saturated rings. The molecule has 0 radical (unpaired) electrons. The van der Waals surface area contributed by atoms with Crippen molar-refractivity contribution in [3.05, 3.63) is 54.3 Å². The fraction of sp³-hybridized carbons (Fsp3) is 0.333. The third-order valence-corrected chi connectivity index (χ3v) is 6.58. The van der Waals surface area contributed by atoms with Crippen LogP contribution in [0.25, 0.3) is 11.5 Å². The first-order valence-electron chi connectivity index (χ1n) is 8.47. The number of hydrogen-bond donors (Lipinski definition) is 0. The lowest BCUT2D eigenvalue weighted by atomic mass is 9.98. The van der Waals surface area contributed by atoms with Crippen LogP contribution in [0.2, 0.25) is 0 Å². The zero-order valence-corrected chi connectivity index (χ0v) is 15.1. The molecule has 0 unspecified atom stereocenters. The van der Waals surface area contributed by atoms with Crippen molar-refractivity contribution in [3.63, 3.8) is 0 Å². The average Bonchev–Trinajstić information content (AvgIpc) is 3.34. The van der Waals surface area contributed by atoms with Gasteiger partial charge in [0.2, 0.25) is 15.9 Å². The summed E-state index contributed by atoms with van der Waals surface area (Å²) in [7, 11) is -3.46. The van der Waals surface area contributed by atoms with E-state index in [-0.39, 0.29) is 5.92 Å². The van der Waals surface area contributed by atoms with Crippen LogP contribution in [0.4, 0.5) is 0 Å². The summed E-state index contributed by atoms with van der Waals surface area (Å²) in [5.41, 5.74) is 1.77. The third-order valence-electron chi connectivity index (χ3n) is 4.67. The monoisotopic (exact) mass is 373 g/mol. The molecule has 0 aliphatic carbocycles. The quantitative estimate of drug-likeness (QED) is 0.698. The van der Waals surface area contributed by atoms with Gasteiger partial charge in [-0.3, -0.25) is 0 Å². The summed E-state index contributed by atoms with van der Waals surface area (Å²) >= 11 is 0. The Morgan fingerprint density at radius 1 is 1.08 bits per heavy atom. The van der Waals surface area contributed by atoms with E-state index < -0.39 is 10.0 Å². The summed E-state index contributed by atoms with van der Waals surface area (Å²) in [5.74, 6) is 1.03. The molecule has 0 atom stereocenters. The predicted molar refractivity (Wildman–Crippen MR) is 93.9 cm³/mol. The van der Waals surface area contributed by atoms with Gasteiger partial charge >= 0.3 is 0 Å². The molecule has 1 saturated heterocycles. The second-order valence-corrected chi connectivity index (χ2v) is 8.39. The van der Waals surface area contributed by atoms with Gasteiger partial charge in [-0.1, -0.05) is 17.7 Å². The maximum atomic E-state index is 12.8. The first-order valence-corrected chi connectivity index (χ1v) is 9.91. The highest BCUT2D eigenvalue weighted by Crippen LogP contribution is 2.31. The number of rotatable bonds is 4. The molecule has 26 heavy (non-hydrogen) atoms. The topological polar surface area (TPSA) is 89.4 Å². The maximum absolute atomic E-state index is 12.8. The van der Waals surface area contributed by atoms with Gasteiger partial charge in [0.25, 0.3) is 5.89 Å². The number of hydrogen-bond acceptors (Lipinski definition) is 6. The van der Waals surface area contributed by atoms with Gasteiger partial charge in [0.15, 0.2) is 0 Å². The van der Waals surface area contributed by atoms with Crippen molar-refractivity contribution in [2.75, 3.05) is 13.1 Å². The van der Waals surface area contributed by atoms with Crippen molar-refractivity contribution in [3.8, 4) is 11.5 Å². The molecule has 1 aromatic carbocycles. The predicted octanol–water partition coefficient (Wildman–Crippen LogP) is 3.21. The molecule has 8 heteroatoms. The van der Waals surface area contributed by atoms with Crippen molar-refractivity contribution in [1.29, 1.82) is 0 Å². The lowest BCUT2D eigenvalue weighted by Crippen LogP contribution is -2.37. The number of aryl methyl sites for hydroxylation is 1. The van der Waals surface area contributed by atoms with Crippen molar-refractivity contribution in [2.24, 2.45) is 0 Å². The normalized spacial score (nSPS) is 16.8. The molecule has 136 valence electrons. The van der Waals surface area contributed by atoms with Crippen LogP contribution >= 0.6 is 0 Å². The highest BCUT2D eigenvalue weighted by atomic mass is 32.2. The average molecular weight is 373 g/mol. The second kappa shape index (κ2) is 6.69. The standard InChI is InChI=1S/C18H19N3O4S/c1-13-2-4-16(5-3-13)26(22,23)21-9-6-14(7-10-21)17-19-20-18(25-17)15-8-11-24-12-15/h2-5,8,11-12,14H,6-7,9-10H2,1H3. The van der Waals surface area contributed by atoms with Crippen LogP contribution in [0.3, 0.4) is 0 Å². The number of benzene rings is 1. The van der Waals surface area contributed by atoms with Crippen LogP contribution in [0.15, 0.2) is 56.6 Å². The summed E-state index contributed by atoms with van der Waals surface area (Å²) in [6.07, 6.45) is 4.40. The zero-order valence-electron chi connectivity index (χ0n) is 14.3. The molecule has 3 aromatic rings. The number of piperidine rings is 1. The molecule has 1 aliphatic rings. The number of aromatic nitrogens is 2. The lowest BCUT2D eigenvalue weighted by Gasteiger charge is -2.29. The number of sulfonamides is 1. The van der Waals surface area contributed by atoms with E-state index in [1.807, 2.05) is 19.1 Å². The second-order valence-electron chi connectivity index (χ2n) is 6.45. The van der Waals surface area contributed by atoms with Crippen molar-refractivity contribution < 1.29 is 17.3 Å². The number of furan rings is 1. The van der Waals surface area contributed by atoms with E-state index in [4.69, 9.17) is 8.83 Å². The molecule has 0 bridgehead atoms. The van der Waals surface area contributed by atoms with E-state index in [9.17, 15) is 8.42 Å². The van der Waals surface area contributed by atoms with Crippen molar-refractivity contribution in [2.45, 2.75) is 30.6 Å². The molecule has 2 aromatic heterocycles. The summed E-state index contributed by atoms with van der Waals surface area (Å²) < 4.78 is 37.8. The Morgan fingerprint density at radius 2 is 1.81 bits per heavy atom. The Kier molecular flexibility index (Phi) is 4.37. The van der Waals surface area contributed by atoms with Gasteiger partial charge in [-0.05, 0) is 38.0 Å². The van der Waals surface area contributed by atoms with Crippen LogP contribution < -0.4 is 0 Å². The summed E-state index contributed by atoms with van der Waals surface area (Å²) in [5, 5.41) is 8.17. The number of nitrogens with zero attached hydrogens (tertiary/aromatic N) is 3. The van der Waals surface area contributed by atoms with Gasteiger partial charge in [0.05, 0.1) is 16.7 Å². The molecular formula is C18H19N3O4S. The fourth-order valence-corrected chi connectivity index (χ4v) is 4.57. The van der Waals surface area contributed by atoms with Crippen molar-refractivity contribution >= 4 is 10.0 Å². The van der Waals surface area contributed by atoms with E-state index in [0.29, 0.717) is 42.6 Å². The van der Waals surface area contributed by atoms with Crippen molar-refractivity contribution in [1.82, 2.24) is 14.5 Å². The minimum atomic E-state index is -3.46. The van der Waals surface area contributed by atoms with Gasteiger partial charge in [-0.2, -0.15) is 4.31 Å². The molecule has 0 saturated carbocycles. The Morgan fingerprint density at radius 3 is 2.46 bits per heavy atom. The van der Waals surface area contributed by atoms with E-state index in [1.165, 1.54) is 4.31 Å². The molecule has 1 aliphatic heterocycles. The van der Waals surface area contributed by atoms with Crippen LogP contribution in [0.1, 0.15) is 30.2 Å². The molecule has 4 rings (SSSR count). The Hall–Kier alpha value is -2.45. The Labute approximate surface area is 151 Å². The lowest BCUT2D eigenvalue weighted by molar-refractivity contribution is 0.291. The summed E-state index contributed by atoms with van der Waals surface area (Å²) in [6, 6.07) is 8.71. The van der Waals surface area contributed by atoms with Gasteiger partial charge in [0.1, 0.15) is 6.26 Å². The van der Waals surface area contributed by atoms with E-state index in [1.54, 1.807) is 30.7 Å².